The Morgan fingerprint density at radius 1 is 0.272 bits per heavy atom. The molecular formula is C85H140O16P2. The fourth-order valence-electron chi connectivity index (χ4n) is 10.1. The molecule has 0 amide bonds. The van der Waals surface area contributed by atoms with E-state index in [4.69, 9.17) is 32.3 Å². The van der Waals surface area contributed by atoms with Crippen molar-refractivity contribution in [1.82, 2.24) is 0 Å². The molecule has 4 N–H and O–H groups in total. The van der Waals surface area contributed by atoms with Gasteiger partial charge in [-0.05, 0) is 135 Å². The van der Waals surface area contributed by atoms with Crippen molar-refractivity contribution in [2.24, 2.45) is 0 Å². The summed E-state index contributed by atoms with van der Waals surface area (Å²) in [6.45, 7) is 2.22. The monoisotopic (exact) mass is 1480 g/mol. The van der Waals surface area contributed by atoms with Crippen LogP contribution in [0.5, 0.6) is 0 Å². The van der Waals surface area contributed by atoms with Gasteiger partial charge in [-0.3, -0.25) is 32.5 Å². The molecule has 103 heavy (non-hydrogen) atoms. The molecule has 0 aromatic rings. The largest absolute Gasteiger partial charge is 0.472 e. The van der Waals surface area contributed by atoms with E-state index in [1.807, 2.05) is 18.2 Å². The maximum atomic E-state index is 12.9. The molecule has 0 aliphatic carbocycles. The van der Waals surface area contributed by atoms with Crippen LogP contribution in [0, 0.1) is 0 Å². The molecule has 0 saturated carbocycles. The van der Waals surface area contributed by atoms with Gasteiger partial charge < -0.3 is 34.2 Å². The molecule has 0 rings (SSSR count). The zero-order valence-corrected chi connectivity index (χ0v) is 65.7. The van der Waals surface area contributed by atoms with E-state index >= 15 is 0 Å². The van der Waals surface area contributed by atoms with Gasteiger partial charge in [0.15, 0.2) is 6.10 Å². The summed E-state index contributed by atoms with van der Waals surface area (Å²) < 4.78 is 61.0. The van der Waals surface area contributed by atoms with Crippen molar-refractivity contribution in [1.29, 1.82) is 0 Å². The molecule has 0 spiro atoms. The van der Waals surface area contributed by atoms with Crippen LogP contribution in [0.15, 0.2) is 170 Å². The molecule has 0 radical (unpaired) electrons. The average Bonchev–Trinajstić information content (AvgIpc) is 0.917. The molecule has 16 nitrogen and oxygen atoms in total. The Morgan fingerprint density at radius 2 is 0.505 bits per heavy atom. The van der Waals surface area contributed by atoms with Crippen LogP contribution in [-0.2, 0) is 55.8 Å². The Balaban J connectivity index is 4.50. The topological polar surface area (TPSA) is 231 Å². The number of ether oxygens (including phenoxy) is 3. The lowest BCUT2D eigenvalue weighted by molar-refractivity contribution is -0.161. The minimum absolute atomic E-state index is 0.0360. The zero-order chi connectivity index (χ0) is 75.2. The predicted octanol–water partition coefficient (Wildman–Crippen LogP) is 23.2. The molecule has 0 bridgehead atoms. The third-order valence-electron chi connectivity index (χ3n) is 15.9. The first-order valence-corrected chi connectivity index (χ1v) is 42.4. The number of unbranched alkanes of at least 4 members (excludes halogenated alkanes) is 22. The van der Waals surface area contributed by atoms with Crippen LogP contribution in [0.1, 0.15) is 290 Å². The lowest BCUT2D eigenvalue weighted by atomic mass is 10.0. The maximum Gasteiger partial charge on any atom is 0.472 e. The first-order chi connectivity index (χ1) is 50.2. The summed E-state index contributed by atoms with van der Waals surface area (Å²) in [4.78, 5) is 58.5. The second-order valence-corrected chi connectivity index (χ2v) is 28.6. The fourth-order valence-corrected chi connectivity index (χ4v) is 11.6. The molecule has 586 valence electrons. The number of carbonyl (C=O) groups is 3. The van der Waals surface area contributed by atoms with Crippen LogP contribution in [0.25, 0.3) is 0 Å². The van der Waals surface area contributed by atoms with E-state index in [1.165, 1.54) is 89.9 Å². The lowest BCUT2D eigenvalue weighted by Crippen LogP contribution is -2.30. The number of aliphatic hydroxyl groups is 2. The van der Waals surface area contributed by atoms with E-state index in [1.54, 1.807) is 0 Å². The Hall–Kier alpha value is -5.09. The van der Waals surface area contributed by atoms with Gasteiger partial charge in [-0.25, -0.2) is 9.13 Å². The van der Waals surface area contributed by atoms with Crippen molar-refractivity contribution in [3.8, 4) is 0 Å². The summed E-state index contributed by atoms with van der Waals surface area (Å²) in [6.07, 6.45) is 97.3. The number of hydrogen-bond donors (Lipinski definition) is 4. The summed E-state index contributed by atoms with van der Waals surface area (Å²) in [5.41, 5.74) is 0. The lowest BCUT2D eigenvalue weighted by Gasteiger charge is -2.21. The van der Waals surface area contributed by atoms with Crippen LogP contribution in [0.3, 0.4) is 0 Å². The van der Waals surface area contributed by atoms with E-state index in [2.05, 4.69) is 173 Å². The highest BCUT2D eigenvalue weighted by atomic mass is 31.2. The molecule has 5 unspecified atom stereocenters. The first kappa shape index (κ1) is 97.9. The zero-order valence-electron chi connectivity index (χ0n) is 63.9. The highest BCUT2D eigenvalue weighted by molar-refractivity contribution is 7.47. The van der Waals surface area contributed by atoms with Crippen molar-refractivity contribution >= 4 is 33.6 Å². The number of aliphatic hydroxyl groups excluding tert-OH is 2. The Kier molecular flexibility index (Phi) is 72.8. The summed E-state index contributed by atoms with van der Waals surface area (Å²) >= 11 is 0. The number of carbonyl (C=O) groups excluding carboxylic acids is 3. The van der Waals surface area contributed by atoms with Gasteiger partial charge in [0, 0.05) is 19.3 Å². The second kappa shape index (κ2) is 76.6. The molecule has 5 atom stereocenters. The van der Waals surface area contributed by atoms with E-state index in [0.29, 0.717) is 25.7 Å². The van der Waals surface area contributed by atoms with Gasteiger partial charge in [-0.2, -0.15) is 0 Å². The van der Waals surface area contributed by atoms with Gasteiger partial charge >= 0.3 is 33.6 Å². The average molecular weight is 1480 g/mol. The Morgan fingerprint density at radius 3 is 0.825 bits per heavy atom. The standard InChI is InChI=1S/C85H140O16P2/c1-4-7-10-13-16-19-22-25-28-30-32-33-34-35-36-37-38-39-40-41-42-43-44-45-47-49-51-53-56-59-62-65-68-71-83(88)95-74-80(86)75-97-102(91,92)98-76-81(87)77-99-103(93,94)100-79-82(101-85(90)73-70-67-64-61-58-55-50-27-24-21-18-15-12-9-6-3)78-96-84(89)72-69-66-63-60-57-54-52-48-46-31-29-26-23-20-17-14-11-8-5-2/h7-12,16-21,25-29,32-33,35-36,46,48,50,54,57,63,66,80-82,86-87H,4-6,13-15,22-24,30-31,34,37-45,47,49,51-53,55-56,58-62,64-65,67-79H2,1-3H3,(H,91,92)(H,93,94)/b10-7-,11-8-,12-9-,19-16-,20-17-,21-18-,28-25-,29-26-,33-32-,36-35-,48-46-,50-27-,57-54-,66-63-. The van der Waals surface area contributed by atoms with Crippen LogP contribution in [-0.4, -0.2) is 95.9 Å². The molecule has 0 aliphatic heterocycles. The van der Waals surface area contributed by atoms with Crippen molar-refractivity contribution < 1.29 is 75.8 Å². The fraction of sp³-hybridized carbons (Fsp3) is 0.635. The predicted molar refractivity (Wildman–Crippen MR) is 426 cm³/mol. The van der Waals surface area contributed by atoms with Gasteiger partial charge in [0.25, 0.3) is 0 Å². The molecule has 0 aliphatic rings. The number of allylic oxidation sites excluding steroid dienone is 28. The molecule has 0 heterocycles. The van der Waals surface area contributed by atoms with Crippen LogP contribution in [0.2, 0.25) is 0 Å². The second-order valence-electron chi connectivity index (χ2n) is 25.7. The molecule has 0 aromatic heterocycles. The third-order valence-corrected chi connectivity index (χ3v) is 17.8. The number of rotatable bonds is 73. The maximum absolute atomic E-state index is 12.9. The van der Waals surface area contributed by atoms with Crippen molar-refractivity contribution in [3.63, 3.8) is 0 Å². The van der Waals surface area contributed by atoms with Gasteiger partial charge in [0.05, 0.1) is 26.4 Å². The van der Waals surface area contributed by atoms with Gasteiger partial charge in [-0.15, -0.1) is 0 Å². The van der Waals surface area contributed by atoms with Gasteiger partial charge in [0.1, 0.15) is 25.4 Å². The normalized spacial score (nSPS) is 14.9. The molecular weight excluding hydrogens is 1340 g/mol. The minimum Gasteiger partial charge on any atom is -0.463 e. The highest BCUT2D eigenvalue weighted by Gasteiger charge is 2.29. The van der Waals surface area contributed by atoms with Gasteiger partial charge in [-0.1, -0.05) is 306 Å². The third kappa shape index (κ3) is 77.8. The number of phosphoric ester groups is 2. The smallest absolute Gasteiger partial charge is 0.463 e. The van der Waals surface area contributed by atoms with Crippen LogP contribution in [0.4, 0.5) is 0 Å². The Labute approximate surface area is 624 Å². The summed E-state index contributed by atoms with van der Waals surface area (Å²) in [6, 6.07) is 0. The molecule has 0 saturated heterocycles. The van der Waals surface area contributed by atoms with E-state index in [9.17, 15) is 43.5 Å². The highest BCUT2D eigenvalue weighted by Crippen LogP contribution is 2.45. The van der Waals surface area contributed by atoms with Gasteiger partial charge in [0.2, 0.25) is 0 Å². The summed E-state index contributed by atoms with van der Waals surface area (Å²) in [5.74, 6) is -1.70. The summed E-state index contributed by atoms with van der Waals surface area (Å²) in [7, 11) is -9.82. The number of phosphoric acid groups is 2. The first-order valence-electron chi connectivity index (χ1n) is 39.4. The molecule has 18 heteroatoms. The van der Waals surface area contributed by atoms with Crippen molar-refractivity contribution in [2.45, 2.75) is 309 Å². The SMILES string of the molecule is CC/C=C\C/C=C\C/C=C\C/C=C\C/C=C\C/C=C\CCC(=O)OCC(COP(=O)(O)OCC(O)COP(=O)(O)OCC(O)COC(=O)CCCCCCCCCCCCCCCCCCC/C=C\C/C=C\C/C=C\C/C=C\C/C=C\CC)OC(=O)CCCCCCC/C=C\C/C=C\C/C=C\CC. The van der Waals surface area contributed by atoms with Crippen LogP contribution < -0.4 is 0 Å². The van der Waals surface area contributed by atoms with E-state index in [0.717, 1.165) is 135 Å². The molecule has 0 aromatic carbocycles. The van der Waals surface area contributed by atoms with E-state index in [-0.39, 0.29) is 19.3 Å². The Bertz CT molecular complexity index is 2550. The minimum atomic E-state index is -4.95. The van der Waals surface area contributed by atoms with E-state index < -0.39 is 91.5 Å². The summed E-state index contributed by atoms with van der Waals surface area (Å²) in [5, 5.41) is 20.6. The van der Waals surface area contributed by atoms with Crippen molar-refractivity contribution in [2.75, 3.05) is 39.6 Å². The number of hydrogen-bond acceptors (Lipinski definition) is 14. The van der Waals surface area contributed by atoms with Crippen LogP contribution >= 0.6 is 15.6 Å². The molecule has 0 fully saturated rings. The quantitative estimate of drug-likeness (QED) is 0.0146. The number of esters is 3. The van der Waals surface area contributed by atoms with Crippen molar-refractivity contribution in [3.05, 3.63) is 170 Å².